The number of pyridine rings is 1. The molecule has 3 aromatic heterocycles. The number of thiazole rings is 1. The Labute approximate surface area is 154 Å². The number of alkyl halides is 3. The van der Waals surface area contributed by atoms with E-state index in [1.54, 1.807) is 11.7 Å². The van der Waals surface area contributed by atoms with E-state index in [0.717, 1.165) is 6.07 Å². The first-order valence-electron chi connectivity index (χ1n) is 7.78. The summed E-state index contributed by atoms with van der Waals surface area (Å²) in [5.74, 6) is 0.414. The molecule has 4 heterocycles. The molecule has 4 rings (SSSR count). The summed E-state index contributed by atoms with van der Waals surface area (Å²) in [5, 5.41) is 6.71. The normalized spacial score (nSPS) is 14.6. The van der Waals surface area contributed by atoms with Gasteiger partial charge in [0.25, 0.3) is 0 Å². The molecule has 27 heavy (non-hydrogen) atoms. The minimum absolute atomic E-state index is 0.00695. The van der Waals surface area contributed by atoms with E-state index < -0.39 is 11.9 Å². The van der Waals surface area contributed by atoms with Crippen LogP contribution in [0.25, 0.3) is 11.5 Å². The maximum absolute atomic E-state index is 13.0. The third kappa shape index (κ3) is 4.11. The maximum atomic E-state index is 13.0. The second kappa shape index (κ2) is 7.04. The van der Waals surface area contributed by atoms with Gasteiger partial charge in [-0.25, -0.2) is 4.98 Å². The summed E-state index contributed by atoms with van der Waals surface area (Å²) >= 11 is 1.33. The van der Waals surface area contributed by atoms with Crippen LogP contribution >= 0.6 is 11.3 Å². The lowest BCUT2D eigenvalue weighted by Crippen LogP contribution is -2.40. The van der Waals surface area contributed by atoms with Gasteiger partial charge in [-0.1, -0.05) is 6.07 Å². The molecule has 0 saturated carbocycles. The van der Waals surface area contributed by atoms with Gasteiger partial charge in [-0.15, -0.1) is 11.3 Å². The lowest BCUT2D eigenvalue weighted by Gasteiger charge is -2.26. The zero-order valence-electron chi connectivity index (χ0n) is 13.6. The van der Waals surface area contributed by atoms with Crippen molar-refractivity contribution in [1.82, 2.24) is 24.9 Å². The van der Waals surface area contributed by atoms with Crippen LogP contribution in [0.15, 0.2) is 29.9 Å². The minimum Gasteiger partial charge on any atom is -0.377 e. The van der Waals surface area contributed by atoms with Crippen LogP contribution in [-0.4, -0.2) is 44.2 Å². The number of nitrogens with one attached hydrogen (secondary N) is 2. The van der Waals surface area contributed by atoms with Gasteiger partial charge >= 0.3 is 6.18 Å². The standard InChI is InChI=1S/C15H12F3N7OS/c16-15(17,18)10-3-1-2-9(21-10)12-23-13(20-8-5-26-6-8)25-14(24-12)22-11-4-19-7-27-11/h1-4,7-8H,5-6H2,(H2,20,22,23,24,25). The van der Waals surface area contributed by atoms with Crippen LogP contribution in [0.3, 0.4) is 0 Å². The van der Waals surface area contributed by atoms with Gasteiger partial charge in [0, 0.05) is 0 Å². The van der Waals surface area contributed by atoms with Crippen molar-refractivity contribution in [2.24, 2.45) is 0 Å². The molecule has 0 spiro atoms. The Kier molecular flexibility index (Phi) is 4.58. The van der Waals surface area contributed by atoms with Crippen LogP contribution in [0.4, 0.5) is 30.1 Å². The Morgan fingerprint density at radius 3 is 2.56 bits per heavy atom. The fraction of sp³-hybridized carbons (Fsp3) is 0.267. The van der Waals surface area contributed by atoms with Gasteiger partial charge in [0.15, 0.2) is 5.82 Å². The minimum atomic E-state index is -4.56. The fourth-order valence-corrected chi connectivity index (χ4v) is 2.72. The van der Waals surface area contributed by atoms with Crippen LogP contribution < -0.4 is 10.6 Å². The summed E-state index contributed by atoms with van der Waals surface area (Å²) in [5.41, 5.74) is 0.607. The van der Waals surface area contributed by atoms with Gasteiger partial charge in [-0.3, -0.25) is 4.98 Å². The third-order valence-corrected chi connectivity index (χ3v) is 4.23. The lowest BCUT2D eigenvalue weighted by atomic mass is 10.2. The van der Waals surface area contributed by atoms with Crippen molar-refractivity contribution in [3.05, 3.63) is 35.6 Å². The lowest BCUT2D eigenvalue weighted by molar-refractivity contribution is -0.141. The number of rotatable bonds is 5. The summed E-state index contributed by atoms with van der Waals surface area (Å²) in [4.78, 5) is 20.2. The number of nitrogens with zero attached hydrogens (tertiary/aromatic N) is 5. The number of ether oxygens (including phenoxy) is 1. The topological polar surface area (TPSA) is 97.7 Å². The fourth-order valence-electron chi connectivity index (χ4n) is 2.22. The van der Waals surface area contributed by atoms with Crippen LogP contribution in [0.5, 0.6) is 0 Å². The average molecular weight is 395 g/mol. The Balaban J connectivity index is 1.70. The van der Waals surface area contributed by atoms with Crippen molar-refractivity contribution in [3.63, 3.8) is 0 Å². The molecule has 0 amide bonds. The quantitative estimate of drug-likeness (QED) is 0.681. The zero-order valence-corrected chi connectivity index (χ0v) is 14.4. The molecule has 12 heteroatoms. The van der Waals surface area contributed by atoms with Crippen molar-refractivity contribution in [2.45, 2.75) is 12.2 Å². The van der Waals surface area contributed by atoms with E-state index in [1.165, 1.54) is 23.5 Å². The van der Waals surface area contributed by atoms with Gasteiger partial charge in [0.05, 0.1) is 31.0 Å². The van der Waals surface area contributed by atoms with Crippen molar-refractivity contribution in [1.29, 1.82) is 0 Å². The first-order chi connectivity index (χ1) is 13.0. The molecular weight excluding hydrogens is 383 g/mol. The number of hydrogen-bond donors (Lipinski definition) is 2. The van der Waals surface area contributed by atoms with Gasteiger partial charge in [0.2, 0.25) is 11.9 Å². The van der Waals surface area contributed by atoms with E-state index in [4.69, 9.17) is 4.74 Å². The molecular formula is C15H12F3N7OS. The SMILES string of the molecule is FC(F)(F)c1cccc(-c2nc(Nc3cncs3)nc(NC3COC3)n2)n1. The molecule has 2 N–H and O–H groups in total. The molecule has 1 fully saturated rings. The molecule has 3 aromatic rings. The number of aromatic nitrogens is 5. The highest BCUT2D eigenvalue weighted by molar-refractivity contribution is 7.13. The average Bonchev–Trinajstić information content (AvgIpc) is 3.10. The summed E-state index contributed by atoms with van der Waals surface area (Å²) in [7, 11) is 0. The van der Waals surface area contributed by atoms with E-state index in [-0.39, 0.29) is 29.5 Å². The highest BCUT2D eigenvalue weighted by Gasteiger charge is 2.32. The van der Waals surface area contributed by atoms with E-state index in [2.05, 4.69) is 35.6 Å². The molecule has 0 radical (unpaired) electrons. The van der Waals surface area contributed by atoms with Crippen molar-refractivity contribution >= 4 is 28.2 Å². The van der Waals surface area contributed by atoms with Crippen molar-refractivity contribution in [2.75, 3.05) is 23.8 Å². The molecule has 8 nitrogen and oxygen atoms in total. The van der Waals surface area contributed by atoms with E-state index in [0.29, 0.717) is 18.2 Å². The molecule has 0 unspecified atom stereocenters. The Morgan fingerprint density at radius 2 is 1.89 bits per heavy atom. The summed E-state index contributed by atoms with van der Waals surface area (Å²) in [6, 6.07) is 3.60. The monoisotopic (exact) mass is 395 g/mol. The van der Waals surface area contributed by atoms with Crippen LogP contribution in [0, 0.1) is 0 Å². The second-order valence-corrected chi connectivity index (χ2v) is 6.47. The van der Waals surface area contributed by atoms with Gasteiger partial charge in [-0.05, 0) is 12.1 Å². The van der Waals surface area contributed by atoms with Gasteiger partial charge in [-0.2, -0.15) is 28.1 Å². The van der Waals surface area contributed by atoms with E-state index >= 15 is 0 Å². The van der Waals surface area contributed by atoms with Crippen molar-refractivity contribution < 1.29 is 17.9 Å². The molecule has 0 aromatic carbocycles. The first kappa shape index (κ1) is 17.5. The molecule has 0 atom stereocenters. The summed E-state index contributed by atoms with van der Waals surface area (Å²) in [6.45, 7) is 1.00. The Morgan fingerprint density at radius 1 is 1.07 bits per heavy atom. The largest absolute Gasteiger partial charge is 0.433 e. The molecule has 1 saturated heterocycles. The highest BCUT2D eigenvalue weighted by Crippen LogP contribution is 2.29. The second-order valence-electron chi connectivity index (χ2n) is 5.58. The molecule has 1 aliphatic rings. The van der Waals surface area contributed by atoms with Crippen LogP contribution in [0.1, 0.15) is 5.69 Å². The Bertz CT molecular complexity index is 931. The maximum Gasteiger partial charge on any atom is 0.433 e. The summed E-state index contributed by atoms with van der Waals surface area (Å²) < 4.78 is 44.0. The Hall–Kier alpha value is -2.86. The zero-order chi connectivity index (χ0) is 18.9. The third-order valence-electron chi connectivity index (χ3n) is 3.54. The van der Waals surface area contributed by atoms with Gasteiger partial charge in [0.1, 0.15) is 16.4 Å². The number of hydrogen-bond acceptors (Lipinski definition) is 9. The number of halogens is 3. The summed E-state index contributed by atoms with van der Waals surface area (Å²) in [6.07, 6.45) is -2.97. The smallest absolute Gasteiger partial charge is 0.377 e. The van der Waals surface area contributed by atoms with Gasteiger partial charge < -0.3 is 15.4 Å². The van der Waals surface area contributed by atoms with E-state index in [9.17, 15) is 13.2 Å². The van der Waals surface area contributed by atoms with Crippen LogP contribution in [0.2, 0.25) is 0 Å². The van der Waals surface area contributed by atoms with E-state index in [1.807, 2.05) is 0 Å². The first-order valence-corrected chi connectivity index (χ1v) is 8.66. The van der Waals surface area contributed by atoms with Crippen molar-refractivity contribution in [3.8, 4) is 11.5 Å². The molecule has 0 bridgehead atoms. The molecule has 1 aliphatic heterocycles. The predicted molar refractivity (Wildman–Crippen MR) is 91.7 cm³/mol. The molecule has 140 valence electrons. The predicted octanol–water partition coefficient (Wildman–Crippen LogP) is 2.96. The number of anilines is 3. The highest BCUT2D eigenvalue weighted by atomic mass is 32.1. The van der Waals surface area contributed by atoms with Crippen LogP contribution in [-0.2, 0) is 10.9 Å². The molecule has 0 aliphatic carbocycles.